The Morgan fingerprint density at radius 2 is 2.33 bits per heavy atom. The van der Waals surface area contributed by atoms with Crippen LogP contribution in [0.2, 0.25) is 0 Å². The number of nitrogens with two attached hydrogens (primary N) is 1. The number of ether oxygens (including phenoxy) is 2. The maximum Gasteiger partial charge on any atom is 0.0816 e. The van der Waals surface area contributed by atoms with Crippen molar-refractivity contribution in [2.45, 2.75) is 44.4 Å². The van der Waals surface area contributed by atoms with Gasteiger partial charge in [0, 0.05) is 24.7 Å². The second kappa shape index (κ2) is 6.09. The summed E-state index contributed by atoms with van der Waals surface area (Å²) in [6, 6.07) is 0.146. The zero-order valence-electron chi connectivity index (χ0n) is 9.99. The smallest absolute Gasteiger partial charge is 0.0816 e. The van der Waals surface area contributed by atoms with Gasteiger partial charge in [-0.25, -0.2) is 0 Å². The van der Waals surface area contributed by atoms with E-state index in [4.69, 9.17) is 15.2 Å². The van der Waals surface area contributed by atoms with Gasteiger partial charge in [0.15, 0.2) is 0 Å². The molecule has 1 heterocycles. The van der Waals surface area contributed by atoms with Gasteiger partial charge in [0.05, 0.1) is 18.3 Å². The number of methoxy groups -OCH3 is 1. The molecule has 15 heavy (non-hydrogen) atoms. The molecule has 2 atom stereocenters. The lowest BCUT2D eigenvalue weighted by Crippen LogP contribution is -2.42. The maximum atomic E-state index is 6.12. The molecular formula is C11H23NO2S. The van der Waals surface area contributed by atoms with Crippen molar-refractivity contribution in [3.63, 3.8) is 0 Å². The first-order valence-corrected chi connectivity index (χ1v) is 6.71. The van der Waals surface area contributed by atoms with Crippen LogP contribution in [-0.4, -0.2) is 43.0 Å². The van der Waals surface area contributed by atoms with E-state index in [0.717, 1.165) is 31.0 Å². The zero-order valence-corrected chi connectivity index (χ0v) is 10.8. The van der Waals surface area contributed by atoms with Gasteiger partial charge in [-0.3, -0.25) is 0 Å². The SMILES string of the molecule is COC(C)(C)CCC(N)C1CSCCO1. The van der Waals surface area contributed by atoms with Crippen molar-refractivity contribution in [3.8, 4) is 0 Å². The molecule has 1 rings (SSSR count). The van der Waals surface area contributed by atoms with E-state index in [2.05, 4.69) is 13.8 Å². The van der Waals surface area contributed by atoms with Crippen LogP contribution in [0.3, 0.4) is 0 Å². The topological polar surface area (TPSA) is 44.5 Å². The number of hydrogen-bond acceptors (Lipinski definition) is 4. The largest absolute Gasteiger partial charge is 0.379 e. The molecule has 1 aliphatic rings. The van der Waals surface area contributed by atoms with Crippen molar-refractivity contribution in [1.82, 2.24) is 0 Å². The van der Waals surface area contributed by atoms with E-state index in [1.54, 1.807) is 7.11 Å². The summed E-state index contributed by atoms with van der Waals surface area (Å²) in [5, 5.41) is 0. The lowest BCUT2D eigenvalue weighted by atomic mass is 9.97. The van der Waals surface area contributed by atoms with Gasteiger partial charge in [0.1, 0.15) is 0 Å². The maximum absolute atomic E-state index is 6.12. The molecule has 3 nitrogen and oxygen atoms in total. The average Bonchev–Trinajstić information content (AvgIpc) is 2.27. The van der Waals surface area contributed by atoms with Gasteiger partial charge in [-0.15, -0.1) is 0 Å². The Labute approximate surface area is 97.1 Å². The molecule has 0 aliphatic carbocycles. The Kier molecular flexibility index (Phi) is 5.39. The molecule has 0 spiro atoms. The van der Waals surface area contributed by atoms with E-state index in [9.17, 15) is 0 Å². The third kappa shape index (κ3) is 4.72. The minimum Gasteiger partial charge on any atom is -0.379 e. The number of hydrogen-bond donors (Lipinski definition) is 1. The summed E-state index contributed by atoms with van der Waals surface area (Å²) in [5.74, 6) is 2.14. The molecular weight excluding hydrogens is 210 g/mol. The Morgan fingerprint density at radius 1 is 1.60 bits per heavy atom. The van der Waals surface area contributed by atoms with Crippen molar-refractivity contribution < 1.29 is 9.47 Å². The molecule has 0 aromatic rings. The molecule has 90 valence electrons. The van der Waals surface area contributed by atoms with Crippen molar-refractivity contribution in [3.05, 3.63) is 0 Å². The molecule has 0 amide bonds. The molecule has 1 aliphatic heterocycles. The van der Waals surface area contributed by atoms with E-state index >= 15 is 0 Å². The van der Waals surface area contributed by atoms with Gasteiger partial charge in [-0.05, 0) is 26.7 Å². The molecule has 0 saturated carbocycles. The highest BCUT2D eigenvalue weighted by molar-refractivity contribution is 7.99. The zero-order chi connectivity index (χ0) is 11.3. The highest BCUT2D eigenvalue weighted by Gasteiger charge is 2.24. The third-order valence-electron chi connectivity index (χ3n) is 2.95. The van der Waals surface area contributed by atoms with Crippen LogP contribution in [-0.2, 0) is 9.47 Å². The summed E-state index contributed by atoms with van der Waals surface area (Å²) >= 11 is 1.93. The van der Waals surface area contributed by atoms with Crippen molar-refractivity contribution in [1.29, 1.82) is 0 Å². The van der Waals surface area contributed by atoms with E-state index in [-0.39, 0.29) is 17.7 Å². The summed E-state index contributed by atoms with van der Waals surface area (Å²) in [5.41, 5.74) is 6.05. The summed E-state index contributed by atoms with van der Waals surface area (Å²) in [7, 11) is 1.75. The summed E-state index contributed by atoms with van der Waals surface area (Å²) in [6.07, 6.45) is 2.18. The second-order valence-corrected chi connectivity index (χ2v) is 5.80. The molecule has 0 bridgehead atoms. The second-order valence-electron chi connectivity index (χ2n) is 4.65. The van der Waals surface area contributed by atoms with Gasteiger partial charge in [-0.1, -0.05) is 0 Å². The summed E-state index contributed by atoms with van der Waals surface area (Å²) in [6.45, 7) is 5.03. The van der Waals surface area contributed by atoms with Crippen molar-refractivity contribution >= 4 is 11.8 Å². The van der Waals surface area contributed by atoms with E-state index < -0.39 is 0 Å². The lowest BCUT2D eigenvalue weighted by Gasteiger charge is -2.30. The molecule has 1 fully saturated rings. The molecule has 1 saturated heterocycles. The number of thioether (sulfide) groups is 1. The molecule has 2 N–H and O–H groups in total. The van der Waals surface area contributed by atoms with Gasteiger partial charge < -0.3 is 15.2 Å². The van der Waals surface area contributed by atoms with Crippen molar-refractivity contribution in [2.24, 2.45) is 5.73 Å². The third-order valence-corrected chi connectivity index (χ3v) is 3.97. The normalized spacial score (nSPS) is 25.2. The van der Waals surface area contributed by atoms with E-state index in [1.807, 2.05) is 11.8 Å². The van der Waals surface area contributed by atoms with Crippen LogP contribution >= 0.6 is 11.8 Å². The van der Waals surface area contributed by atoms with Gasteiger partial charge in [0.2, 0.25) is 0 Å². The van der Waals surface area contributed by atoms with Crippen LogP contribution in [0.5, 0.6) is 0 Å². The van der Waals surface area contributed by atoms with Crippen LogP contribution < -0.4 is 5.73 Å². The highest BCUT2D eigenvalue weighted by atomic mass is 32.2. The average molecular weight is 233 g/mol. The lowest BCUT2D eigenvalue weighted by molar-refractivity contribution is 0.00328. The molecule has 2 unspecified atom stereocenters. The minimum absolute atomic E-state index is 0.0700. The fraction of sp³-hybridized carbons (Fsp3) is 1.00. The molecule has 0 aromatic heterocycles. The Hall–Kier alpha value is 0.230. The Balaban J connectivity index is 2.25. The number of rotatable bonds is 5. The first-order valence-electron chi connectivity index (χ1n) is 5.55. The predicted molar refractivity (Wildman–Crippen MR) is 65.4 cm³/mol. The fourth-order valence-corrected chi connectivity index (χ4v) is 2.51. The molecule has 4 heteroatoms. The quantitative estimate of drug-likeness (QED) is 0.784. The first-order chi connectivity index (χ1) is 7.05. The van der Waals surface area contributed by atoms with Crippen LogP contribution in [0.1, 0.15) is 26.7 Å². The highest BCUT2D eigenvalue weighted by Crippen LogP contribution is 2.21. The van der Waals surface area contributed by atoms with Crippen LogP contribution in [0, 0.1) is 0 Å². The van der Waals surface area contributed by atoms with Gasteiger partial charge in [0.25, 0.3) is 0 Å². The van der Waals surface area contributed by atoms with E-state index in [1.165, 1.54) is 0 Å². The Bertz CT molecular complexity index is 181. The van der Waals surface area contributed by atoms with Crippen LogP contribution in [0.25, 0.3) is 0 Å². The summed E-state index contributed by atoms with van der Waals surface area (Å²) < 4.78 is 11.0. The van der Waals surface area contributed by atoms with Crippen molar-refractivity contribution in [2.75, 3.05) is 25.2 Å². The van der Waals surface area contributed by atoms with Gasteiger partial charge in [-0.2, -0.15) is 11.8 Å². The van der Waals surface area contributed by atoms with Crippen LogP contribution in [0.15, 0.2) is 0 Å². The fourth-order valence-electron chi connectivity index (χ4n) is 1.56. The van der Waals surface area contributed by atoms with E-state index in [0.29, 0.717) is 0 Å². The minimum atomic E-state index is -0.0700. The standard InChI is InChI=1S/C11H23NO2S/c1-11(2,13-3)5-4-9(12)10-8-15-7-6-14-10/h9-10H,4-8,12H2,1-3H3. The molecule has 0 radical (unpaired) electrons. The Morgan fingerprint density at radius 3 is 2.87 bits per heavy atom. The predicted octanol–water partition coefficient (Wildman–Crippen LogP) is 1.65. The first kappa shape index (κ1) is 13.3. The van der Waals surface area contributed by atoms with Crippen LogP contribution in [0.4, 0.5) is 0 Å². The monoisotopic (exact) mass is 233 g/mol. The molecule has 0 aromatic carbocycles. The van der Waals surface area contributed by atoms with Gasteiger partial charge >= 0.3 is 0 Å². The summed E-state index contributed by atoms with van der Waals surface area (Å²) in [4.78, 5) is 0.